The van der Waals surface area contributed by atoms with E-state index in [1.165, 1.54) is 4.31 Å². The number of rotatable bonds is 17. The van der Waals surface area contributed by atoms with Crippen LogP contribution >= 0.6 is 0 Å². The summed E-state index contributed by atoms with van der Waals surface area (Å²) in [7, 11) is -2.13. The summed E-state index contributed by atoms with van der Waals surface area (Å²) in [5, 5.41) is 11.8. The number of hydrogen-bond donors (Lipinski definition) is 4. The summed E-state index contributed by atoms with van der Waals surface area (Å²) in [6.07, 6.45) is 11.6. The predicted molar refractivity (Wildman–Crippen MR) is 205 cm³/mol. The number of Topliss-reactive ketones (excluding diaryl/α,β-unsaturated/α-hetero) is 1. The van der Waals surface area contributed by atoms with E-state index in [2.05, 4.69) is 35.1 Å². The van der Waals surface area contributed by atoms with Crippen molar-refractivity contribution in [1.29, 1.82) is 0 Å². The van der Waals surface area contributed by atoms with E-state index in [0.717, 1.165) is 57.8 Å². The number of carbonyl (C=O) groups excluding carboxylic acids is 5. The molecule has 13 nitrogen and oxygen atoms in total. The largest absolute Gasteiger partial charge is 0.347 e. The molecule has 0 aromatic heterocycles. The zero-order valence-corrected chi connectivity index (χ0v) is 34.2. The minimum Gasteiger partial charge on any atom is -0.347 e. The van der Waals surface area contributed by atoms with Gasteiger partial charge in [0.1, 0.15) is 12.1 Å². The Balaban J connectivity index is 1.60. The van der Waals surface area contributed by atoms with Crippen LogP contribution < -0.4 is 21.3 Å². The van der Waals surface area contributed by atoms with Gasteiger partial charge in [0.15, 0.2) is 0 Å². The molecule has 3 aliphatic carbocycles. The average molecular weight is 765 g/mol. The van der Waals surface area contributed by atoms with Crippen molar-refractivity contribution < 1.29 is 32.4 Å². The molecule has 1 heterocycles. The third-order valence-electron chi connectivity index (χ3n) is 12.5. The van der Waals surface area contributed by atoms with Crippen molar-refractivity contribution >= 4 is 39.6 Å². The van der Waals surface area contributed by atoms with Gasteiger partial charge in [-0.05, 0) is 82.5 Å². The Morgan fingerprint density at radius 3 is 2.04 bits per heavy atom. The molecule has 0 unspecified atom stereocenters. The molecule has 0 aromatic carbocycles. The zero-order valence-electron chi connectivity index (χ0n) is 33.4. The van der Waals surface area contributed by atoms with Crippen molar-refractivity contribution in [3.8, 4) is 0 Å². The maximum absolute atomic E-state index is 14.9. The molecule has 0 bridgehead atoms. The Morgan fingerprint density at radius 2 is 1.49 bits per heavy atom. The van der Waals surface area contributed by atoms with Crippen LogP contribution in [0.5, 0.6) is 0 Å². The van der Waals surface area contributed by atoms with Crippen LogP contribution in [0.3, 0.4) is 0 Å². The Kier molecular flexibility index (Phi) is 14.8. The number of nitrogens with one attached hydrogen (secondary N) is 4. The van der Waals surface area contributed by atoms with Crippen LogP contribution in [-0.4, -0.2) is 102 Å². The second-order valence-corrected chi connectivity index (χ2v) is 19.5. The number of sulfonamides is 1. The molecule has 3 saturated carbocycles. The van der Waals surface area contributed by atoms with Crippen molar-refractivity contribution in [1.82, 2.24) is 30.5 Å². The van der Waals surface area contributed by atoms with E-state index < -0.39 is 62.7 Å². The average Bonchev–Trinajstić information content (AvgIpc) is 3.80. The molecule has 4 fully saturated rings. The highest BCUT2D eigenvalue weighted by Gasteiger charge is 2.49. The first kappa shape index (κ1) is 43.0. The van der Waals surface area contributed by atoms with E-state index >= 15 is 0 Å². The topological polar surface area (TPSA) is 174 Å². The minimum absolute atomic E-state index is 0.00489. The van der Waals surface area contributed by atoms with Gasteiger partial charge in [-0.2, -0.15) is 0 Å². The molecule has 5 amide bonds. The highest BCUT2D eigenvalue weighted by atomic mass is 32.2. The van der Waals surface area contributed by atoms with Crippen LogP contribution in [0, 0.1) is 17.3 Å². The first-order valence-corrected chi connectivity index (χ1v) is 22.0. The van der Waals surface area contributed by atoms with Gasteiger partial charge in [-0.25, -0.2) is 17.5 Å². The first-order chi connectivity index (χ1) is 24.9. The number of likely N-dealkylation sites (tertiary alicyclic amines) is 1. The number of urea groups is 1. The van der Waals surface area contributed by atoms with E-state index in [1.807, 2.05) is 27.7 Å². The third-order valence-corrected chi connectivity index (χ3v) is 14.7. The van der Waals surface area contributed by atoms with Crippen molar-refractivity contribution in [2.24, 2.45) is 17.3 Å². The van der Waals surface area contributed by atoms with Gasteiger partial charge in [-0.1, -0.05) is 79.1 Å². The number of nitrogens with zero attached hydrogens (tertiary/aromatic N) is 2. The molecule has 4 N–H and O–H groups in total. The normalized spacial score (nSPS) is 24.1. The van der Waals surface area contributed by atoms with Crippen LogP contribution in [0.1, 0.15) is 144 Å². The van der Waals surface area contributed by atoms with E-state index in [-0.39, 0.29) is 35.6 Å². The van der Waals surface area contributed by atoms with Crippen LogP contribution in [0.25, 0.3) is 0 Å². The van der Waals surface area contributed by atoms with Crippen LogP contribution in [0.2, 0.25) is 0 Å². The van der Waals surface area contributed by atoms with Gasteiger partial charge in [0, 0.05) is 25.7 Å². The lowest BCUT2D eigenvalue weighted by atomic mass is 9.70. The summed E-state index contributed by atoms with van der Waals surface area (Å²) < 4.78 is 28.3. The smallest absolute Gasteiger partial charge is 0.315 e. The number of hydrogen-bond acceptors (Lipinski definition) is 7. The molecule has 4 atom stereocenters. The Hall–Kier alpha value is -2.74. The standard InChI is InChI=1S/C39H68N6O7S/c1-8-9-16-30(32(46)35(48)40-29-17-18-29)41-34(47)31-23-28(26(2)3)24-45(31)36(49)33(38(6)19-12-10-13-20-38)42-37(50)43-39(21-14-11-15-22-39)25-53(51,52)44(7)27(4)5/h26-31,33H,8-25H2,1-7H3,(H,40,48)(H,41,47)(H2,42,43,50)/t28-,30+,31+,33-/m1/s1. The van der Waals surface area contributed by atoms with Gasteiger partial charge < -0.3 is 26.2 Å². The van der Waals surface area contributed by atoms with Crippen LogP contribution in [0.4, 0.5) is 4.79 Å². The van der Waals surface area contributed by atoms with Crippen molar-refractivity contribution in [3.63, 3.8) is 0 Å². The Morgan fingerprint density at radius 1 is 0.887 bits per heavy atom. The number of ketones is 1. The van der Waals surface area contributed by atoms with Gasteiger partial charge in [0.25, 0.3) is 5.91 Å². The van der Waals surface area contributed by atoms with Gasteiger partial charge in [0.05, 0.1) is 17.3 Å². The quantitative estimate of drug-likeness (QED) is 0.159. The molecular formula is C39H68N6O7S. The fraction of sp³-hybridized carbons (Fsp3) is 0.872. The molecular weight excluding hydrogens is 697 g/mol. The monoisotopic (exact) mass is 764 g/mol. The predicted octanol–water partition coefficient (Wildman–Crippen LogP) is 4.39. The lowest BCUT2D eigenvalue weighted by Crippen LogP contribution is -2.64. The van der Waals surface area contributed by atoms with Crippen molar-refractivity contribution in [3.05, 3.63) is 0 Å². The molecule has 0 aromatic rings. The summed E-state index contributed by atoms with van der Waals surface area (Å²) in [5.74, 6) is -2.21. The molecule has 14 heteroatoms. The molecule has 302 valence electrons. The zero-order chi connectivity index (χ0) is 39.1. The van der Waals surface area contributed by atoms with E-state index in [4.69, 9.17) is 0 Å². The fourth-order valence-electron chi connectivity index (χ4n) is 8.49. The lowest BCUT2D eigenvalue weighted by molar-refractivity contribution is -0.144. The van der Waals surface area contributed by atoms with Crippen molar-refractivity contribution in [2.45, 2.75) is 180 Å². The maximum Gasteiger partial charge on any atom is 0.315 e. The van der Waals surface area contributed by atoms with E-state index in [0.29, 0.717) is 51.5 Å². The SMILES string of the molecule is CCCC[C@H](NC(=O)[C@@H]1C[C@@H](C(C)C)CN1C(=O)[C@@H](NC(=O)NC1(CS(=O)(=O)N(C)C(C)C)CCCCC1)C1(C)CCCCC1)C(=O)C(=O)NC1CC1. The van der Waals surface area contributed by atoms with Gasteiger partial charge in [-0.15, -0.1) is 0 Å². The summed E-state index contributed by atoms with van der Waals surface area (Å²) in [5.41, 5.74) is -1.57. The van der Waals surface area contributed by atoms with Gasteiger partial charge in [-0.3, -0.25) is 19.2 Å². The van der Waals surface area contributed by atoms with Gasteiger partial charge in [0.2, 0.25) is 27.6 Å². The summed E-state index contributed by atoms with van der Waals surface area (Å²) in [6.45, 7) is 12.1. The number of unbranched alkanes of at least 4 members (excludes halogenated alkanes) is 1. The van der Waals surface area contributed by atoms with E-state index in [9.17, 15) is 32.4 Å². The highest BCUT2D eigenvalue weighted by molar-refractivity contribution is 7.89. The molecule has 53 heavy (non-hydrogen) atoms. The minimum atomic E-state index is -3.69. The summed E-state index contributed by atoms with van der Waals surface area (Å²) >= 11 is 0. The lowest BCUT2D eigenvalue weighted by Gasteiger charge is -2.44. The Bertz CT molecular complexity index is 1420. The summed E-state index contributed by atoms with van der Waals surface area (Å²) in [6, 6.07) is -3.63. The third kappa shape index (κ3) is 11.2. The fourth-order valence-corrected chi connectivity index (χ4v) is 10.4. The first-order valence-electron chi connectivity index (χ1n) is 20.4. The molecule has 0 radical (unpaired) electrons. The second kappa shape index (κ2) is 18.3. The number of carbonyl (C=O) groups is 5. The van der Waals surface area contributed by atoms with Crippen LogP contribution in [-0.2, 0) is 29.2 Å². The molecule has 4 aliphatic rings. The highest BCUT2D eigenvalue weighted by Crippen LogP contribution is 2.41. The van der Waals surface area contributed by atoms with Crippen molar-refractivity contribution in [2.75, 3.05) is 19.3 Å². The molecule has 0 spiro atoms. The second-order valence-electron chi connectivity index (χ2n) is 17.5. The summed E-state index contributed by atoms with van der Waals surface area (Å²) in [4.78, 5) is 70.8. The number of amides is 5. The van der Waals surface area contributed by atoms with Crippen LogP contribution in [0.15, 0.2) is 0 Å². The molecule has 4 rings (SSSR count). The van der Waals surface area contributed by atoms with Gasteiger partial charge >= 0.3 is 6.03 Å². The maximum atomic E-state index is 14.9. The van der Waals surface area contributed by atoms with E-state index in [1.54, 1.807) is 11.9 Å². The Labute approximate surface area is 318 Å². The molecule has 1 saturated heterocycles. The molecule has 1 aliphatic heterocycles.